The third-order valence-corrected chi connectivity index (χ3v) is 6.89. The number of ether oxygens (including phenoxy) is 1. The highest BCUT2D eigenvalue weighted by Gasteiger charge is 2.33. The maximum absolute atomic E-state index is 13.3. The number of hydrogen-bond acceptors (Lipinski definition) is 4. The maximum Gasteiger partial charge on any atom is 0.407 e. The molecule has 0 spiro atoms. The van der Waals surface area contributed by atoms with Crippen LogP contribution in [0, 0.1) is 12.3 Å². The molecule has 1 atom stereocenters. The van der Waals surface area contributed by atoms with E-state index < -0.39 is 18.1 Å². The number of alkyl carbamates (subject to hydrolysis) is 1. The molecule has 0 saturated heterocycles. The molecule has 4 rings (SSSR count). The van der Waals surface area contributed by atoms with Crippen LogP contribution in [0.15, 0.2) is 48.5 Å². The standard InChI is InChI=1S/C28H30N2O5/c1-2-17-30(19-9-3-4-10-19)27(33)25(15-16-26(31)32)29-28(34)35-18-24-22-13-7-5-11-20(22)21-12-6-8-14-23(21)24/h1,5-8,11-14,19,24-25H,3-4,9-10,15-18H2,(H,29,34)(H,31,32). The number of carboxylic acids is 1. The lowest BCUT2D eigenvalue weighted by Crippen LogP contribution is -2.51. The van der Waals surface area contributed by atoms with Crippen molar-refractivity contribution in [3.8, 4) is 23.5 Å². The molecule has 35 heavy (non-hydrogen) atoms. The quantitative estimate of drug-likeness (QED) is 0.532. The van der Waals surface area contributed by atoms with Gasteiger partial charge in [0.2, 0.25) is 5.91 Å². The molecule has 7 nitrogen and oxygen atoms in total. The largest absolute Gasteiger partial charge is 0.481 e. The van der Waals surface area contributed by atoms with Crippen LogP contribution >= 0.6 is 0 Å². The molecule has 0 bridgehead atoms. The van der Waals surface area contributed by atoms with E-state index >= 15 is 0 Å². The van der Waals surface area contributed by atoms with E-state index in [1.165, 1.54) is 0 Å². The lowest BCUT2D eigenvalue weighted by Gasteiger charge is -2.31. The Labute approximate surface area is 205 Å². The Morgan fingerprint density at radius 3 is 2.23 bits per heavy atom. The van der Waals surface area contributed by atoms with Crippen molar-refractivity contribution in [2.75, 3.05) is 13.2 Å². The van der Waals surface area contributed by atoms with Gasteiger partial charge in [0.05, 0.1) is 6.54 Å². The molecule has 0 heterocycles. The first kappa shape index (κ1) is 24.3. The van der Waals surface area contributed by atoms with E-state index in [-0.39, 0.29) is 43.9 Å². The van der Waals surface area contributed by atoms with Crippen LogP contribution in [0.5, 0.6) is 0 Å². The number of amides is 2. The van der Waals surface area contributed by atoms with Crippen LogP contribution in [-0.2, 0) is 14.3 Å². The molecule has 0 aliphatic heterocycles. The number of rotatable bonds is 9. The number of hydrogen-bond donors (Lipinski definition) is 2. The van der Waals surface area contributed by atoms with Crippen molar-refractivity contribution in [3.05, 3.63) is 59.7 Å². The number of fused-ring (bicyclic) bond motifs is 3. The van der Waals surface area contributed by atoms with E-state index in [2.05, 4.69) is 23.4 Å². The SMILES string of the molecule is C#CCN(C(=O)C(CCC(=O)O)NC(=O)OCC1c2ccccc2-c2ccccc21)C1CCCC1. The Morgan fingerprint density at radius 1 is 1.06 bits per heavy atom. The average Bonchev–Trinajstić information content (AvgIpc) is 3.50. The van der Waals surface area contributed by atoms with Gasteiger partial charge in [-0.15, -0.1) is 6.42 Å². The van der Waals surface area contributed by atoms with Gasteiger partial charge in [-0.25, -0.2) is 4.79 Å². The monoisotopic (exact) mass is 474 g/mol. The van der Waals surface area contributed by atoms with Crippen LogP contribution in [0.25, 0.3) is 11.1 Å². The second-order valence-corrected chi connectivity index (χ2v) is 9.06. The number of benzene rings is 2. The van der Waals surface area contributed by atoms with Gasteiger partial charge in [-0.1, -0.05) is 67.3 Å². The predicted molar refractivity (Wildman–Crippen MR) is 132 cm³/mol. The number of carboxylic acid groups (broad SMARTS) is 1. The van der Waals surface area contributed by atoms with Gasteiger partial charge in [0, 0.05) is 18.4 Å². The molecule has 2 amide bonds. The molecule has 2 N–H and O–H groups in total. The molecular formula is C28H30N2O5. The van der Waals surface area contributed by atoms with Crippen LogP contribution in [0.3, 0.4) is 0 Å². The average molecular weight is 475 g/mol. The summed E-state index contributed by atoms with van der Waals surface area (Å²) < 4.78 is 5.58. The number of nitrogens with one attached hydrogen (secondary N) is 1. The van der Waals surface area contributed by atoms with Gasteiger partial charge in [0.15, 0.2) is 0 Å². The zero-order valence-electron chi connectivity index (χ0n) is 19.6. The van der Waals surface area contributed by atoms with E-state index in [0.29, 0.717) is 0 Å². The van der Waals surface area contributed by atoms with Crippen molar-refractivity contribution >= 4 is 18.0 Å². The summed E-state index contributed by atoms with van der Waals surface area (Å²) in [5, 5.41) is 11.8. The van der Waals surface area contributed by atoms with Crippen LogP contribution in [0.1, 0.15) is 55.6 Å². The fraction of sp³-hybridized carbons (Fsp3) is 0.393. The Kier molecular flexibility index (Phi) is 7.71. The smallest absolute Gasteiger partial charge is 0.407 e. The Balaban J connectivity index is 1.45. The third-order valence-electron chi connectivity index (χ3n) is 6.89. The number of carbonyl (C=O) groups is 3. The van der Waals surface area contributed by atoms with E-state index in [1.807, 2.05) is 36.4 Å². The first-order valence-corrected chi connectivity index (χ1v) is 12.1. The van der Waals surface area contributed by atoms with Crippen molar-refractivity contribution in [2.24, 2.45) is 0 Å². The zero-order chi connectivity index (χ0) is 24.8. The Bertz CT molecular complexity index is 1090. The Morgan fingerprint density at radius 2 is 1.66 bits per heavy atom. The van der Waals surface area contributed by atoms with Crippen molar-refractivity contribution in [2.45, 2.75) is 56.5 Å². The molecule has 2 aromatic carbocycles. The summed E-state index contributed by atoms with van der Waals surface area (Å²) in [6.07, 6.45) is 8.19. The summed E-state index contributed by atoms with van der Waals surface area (Å²) in [6.45, 7) is 0.232. The number of terminal acetylenes is 1. The highest BCUT2D eigenvalue weighted by atomic mass is 16.5. The molecule has 1 saturated carbocycles. The van der Waals surface area contributed by atoms with Gasteiger partial charge < -0.3 is 20.1 Å². The molecule has 1 unspecified atom stereocenters. The topological polar surface area (TPSA) is 95.9 Å². The highest BCUT2D eigenvalue weighted by Crippen LogP contribution is 2.44. The van der Waals surface area contributed by atoms with Crippen LogP contribution in [-0.4, -0.2) is 53.2 Å². The van der Waals surface area contributed by atoms with E-state index in [1.54, 1.807) is 4.90 Å². The van der Waals surface area contributed by atoms with Gasteiger partial charge in [-0.3, -0.25) is 9.59 Å². The first-order valence-electron chi connectivity index (χ1n) is 12.1. The minimum Gasteiger partial charge on any atom is -0.481 e. The number of carbonyl (C=O) groups excluding carboxylic acids is 2. The van der Waals surface area contributed by atoms with Crippen molar-refractivity contribution < 1.29 is 24.2 Å². The summed E-state index contributed by atoms with van der Waals surface area (Å²) >= 11 is 0. The maximum atomic E-state index is 13.3. The fourth-order valence-corrected chi connectivity index (χ4v) is 5.21. The molecule has 2 aliphatic rings. The van der Waals surface area contributed by atoms with Gasteiger partial charge >= 0.3 is 12.1 Å². The fourth-order valence-electron chi connectivity index (χ4n) is 5.21. The van der Waals surface area contributed by atoms with Crippen LogP contribution in [0.4, 0.5) is 4.79 Å². The second kappa shape index (κ2) is 11.1. The molecule has 0 radical (unpaired) electrons. The molecular weight excluding hydrogens is 444 g/mol. The van der Waals surface area contributed by atoms with Gasteiger partial charge in [0.1, 0.15) is 12.6 Å². The number of nitrogens with zero attached hydrogens (tertiary/aromatic N) is 1. The molecule has 182 valence electrons. The third kappa shape index (κ3) is 5.48. The first-order chi connectivity index (χ1) is 17.0. The van der Waals surface area contributed by atoms with E-state index in [0.717, 1.165) is 47.9 Å². The summed E-state index contributed by atoms with van der Waals surface area (Å²) in [5.41, 5.74) is 4.41. The van der Waals surface area contributed by atoms with Crippen LogP contribution < -0.4 is 5.32 Å². The molecule has 1 fully saturated rings. The van der Waals surface area contributed by atoms with Crippen molar-refractivity contribution in [1.29, 1.82) is 0 Å². The predicted octanol–water partition coefficient (Wildman–Crippen LogP) is 4.16. The van der Waals surface area contributed by atoms with Crippen molar-refractivity contribution in [3.63, 3.8) is 0 Å². The lowest BCUT2D eigenvalue weighted by atomic mass is 9.98. The molecule has 7 heteroatoms. The summed E-state index contributed by atoms with van der Waals surface area (Å²) in [6, 6.07) is 15.0. The second-order valence-electron chi connectivity index (χ2n) is 9.06. The van der Waals surface area contributed by atoms with Gasteiger partial charge in [-0.2, -0.15) is 0 Å². The van der Waals surface area contributed by atoms with E-state index in [9.17, 15) is 14.4 Å². The summed E-state index contributed by atoms with van der Waals surface area (Å²) in [5.74, 6) is 1.01. The molecule has 2 aromatic rings. The van der Waals surface area contributed by atoms with Gasteiger partial charge in [0.25, 0.3) is 0 Å². The minimum absolute atomic E-state index is 0.00944. The van der Waals surface area contributed by atoms with Crippen molar-refractivity contribution in [1.82, 2.24) is 10.2 Å². The summed E-state index contributed by atoms with van der Waals surface area (Å²) in [4.78, 5) is 38.9. The zero-order valence-corrected chi connectivity index (χ0v) is 19.6. The van der Waals surface area contributed by atoms with Crippen LogP contribution in [0.2, 0.25) is 0 Å². The molecule has 2 aliphatic carbocycles. The normalized spacial score (nSPS) is 15.5. The highest BCUT2D eigenvalue weighted by molar-refractivity contribution is 5.87. The number of aliphatic carboxylic acids is 1. The molecule has 0 aromatic heterocycles. The lowest BCUT2D eigenvalue weighted by molar-refractivity contribution is -0.138. The summed E-state index contributed by atoms with van der Waals surface area (Å²) in [7, 11) is 0. The Hall–Kier alpha value is -3.79. The van der Waals surface area contributed by atoms with E-state index in [4.69, 9.17) is 16.3 Å². The minimum atomic E-state index is -1.04. The van der Waals surface area contributed by atoms with Gasteiger partial charge in [-0.05, 0) is 41.5 Å².